The van der Waals surface area contributed by atoms with E-state index < -0.39 is 0 Å². The summed E-state index contributed by atoms with van der Waals surface area (Å²) in [5.74, 6) is 0. The van der Waals surface area contributed by atoms with E-state index in [0.717, 1.165) is 41.3 Å². The van der Waals surface area contributed by atoms with E-state index in [1.807, 2.05) is 0 Å². The lowest BCUT2D eigenvalue weighted by atomic mass is 9.92. The van der Waals surface area contributed by atoms with Crippen molar-refractivity contribution < 1.29 is 0 Å². The maximum Gasteiger partial charge on any atom is 0.0947 e. The molecule has 4 heterocycles. The van der Waals surface area contributed by atoms with Gasteiger partial charge in [-0.3, -0.25) is 0 Å². The molecule has 0 aromatic heterocycles. The number of hydrogen-bond donors (Lipinski definition) is 0. The Morgan fingerprint density at radius 3 is 1.62 bits per heavy atom. The summed E-state index contributed by atoms with van der Waals surface area (Å²) in [7, 11) is 0. The number of anilines is 11. The molecule has 4 heteroatoms. The first kappa shape index (κ1) is 31.3. The number of rotatable bonds is 6. The monoisotopic (exact) mass is 718 g/mol. The first-order chi connectivity index (χ1) is 27.8. The van der Waals surface area contributed by atoms with Crippen molar-refractivity contribution in [1.82, 2.24) is 0 Å². The lowest BCUT2D eigenvalue weighted by Crippen LogP contribution is -2.38. The van der Waals surface area contributed by atoms with Gasteiger partial charge in [0.25, 0.3) is 0 Å². The highest BCUT2D eigenvalue weighted by atomic mass is 15.4. The van der Waals surface area contributed by atoms with E-state index in [0.29, 0.717) is 6.04 Å². The highest BCUT2D eigenvalue weighted by Crippen LogP contribution is 2.66. The van der Waals surface area contributed by atoms with Crippen LogP contribution in [0.4, 0.5) is 62.6 Å². The average molecular weight is 719 g/mol. The normalized spacial score (nSPS) is 15.4. The van der Waals surface area contributed by atoms with Crippen molar-refractivity contribution in [2.24, 2.45) is 0 Å². The van der Waals surface area contributed by atoms with Crippen LogP contribution in [0, 0.1) is 0 Å². The van der Waals surface area contributed by atoms with E-state index in [-0.39, 0.29) is 0 Å². The second kappa shape index (κ2) is 12.2. The predicted octanol–water partition coefficient (Wildman–Crippen LogP) is 14.1. The van der Waals surface area contributed by atoms with Gasteiger partial charge in [0.1, 0.15) is 0 Å². The highest BCUT2D eigenvalue weighted by Gasteiger charge is 2.47. The molecule has 56 heavy (non-hydrogen) atoms. The SMILES string of the molecule is c1ccc(-c2ccc(N(c3ccc(-c4ccccc4)cc3)c3ccc4c(c3)N(c3ccccc3)c3ccc5c6c3N4c3cccc4c3N6C(CC4)C5)cc2)cc1. The topological polar surface area (TPSA) is 13.0 Å². The molecule has 0 bridgehead atoms. The molecule has 4 aliphatic rings. The van der Waals surface area contributed by atoms with Crippen LogP contribution >= 0.6 is 0 Å². The molecule has 0 radical (unpaired) electrons. The molecular formula is C52H38N4. The molecule has 12 rings (SSSR count). The van der Waals surface area contributed by atoms with E-state index >= 15 is 0 Å². The summed E-state index contributed by atoms with van der Waals surface area (Å²) in [5.41, 5.74) is 21.1. The van der Waals surface area contributed by atoms with Crippen molar-refractivity contribution in [2.45, 2.75) is 25.3 Å². The average Bonchev–Trinajstić information content (AvgIpc) is 3.67. The van der Waals surface area contributed by atoms with Gasteiger partial charge in [0.2, 0.25) is 0 Å². The summed E-state index contributed by atoms with van der Waals surface area (Å²) < 4.78 is 0. The number of nitrogens with zero attached hydrogens (tertiary/aromatic N) is 4. The molecule has 0 saturated heterocycles. The fourth-order valence-corrected chi connectivity index (χ4v) is 9.75. The Labute approximate surface area is 327 Å². The quantitative estimate of drug-likeness (QED) is 0.170. The Bertz CT molecular complexity index is 2700. The molecule has 8 aromatic rings. The van der Waals surface area contributed by atoms with Crippen LogP contribution in [0.1, 0.15) is 17.5 Å². The van der Waals surface area contributed by atoms with Crippen molar-refractivity contribution >= 4 is 62.6 Å². The van der Waals surface area contributed by atoms with Crippen LogP contribution in [0.15, 0.2) is 188 Å². The van der Waals surface area contributed by atoms with Gasteiger partial charge in [-0.05, 0) is 119 Å². The zero-order valence-electron chi connectivity index (χ0n) is 30.9. The van der Waals surface area contributed by atoms with Gasteiger partial charge < -0.3 is 19.6 Å². The standard InChI is InChI=1S/C52H38N4/c1-4-11-35(12-5-1)37-19-25-42(26-20-37)53(43-27-21-38(22-28-43)36-13-6-2-7-14-36)45-30-32-46-49(34-45)54(41-16-8-3-9-17-41)48-31-24-40-33-44-29-23-39-15-10-18-47-50(39)55(44)51(40)52(48)56(46)47/h1-22,24-28,30-32,34,44H,23,29,33H2. The van der Waals surface area contributed by atoms with E-state index in [1.165, 1.54) is 73.9 Å². The third-order valence-corrected chi connectivity index (χ3v) is 12.2. The molecule has 4 nitrogen and oxygen atoms in total. The second-order valence-electron chi connectivity index (χ2n) is 15.3. The van der Waals surface area contributed by atoms with Crippen LogP contribution in [-0.4, -0.2) is 6.04 Å². The molecule has 1 unspecified atom stereocenters. The van der Waals surface area contributed by atoms with Gasteiger partial charge >= 0.3 is 0 Å². The maximum absolute atomic E-state index is 2.70. The van der Waals surface area contributed by atoms with Crippen LogP contribution in [0.25, 0.3) is 22.3 Å². The van der Waals surface area contributed by atoms with E-state index in [4.69, 9.17) is 0 Å². The molecule has 0 saturated carbocycles. The van der Waals surface area contributed by atoms with Gasteiger partial charge in [0, 0.05) is 28.8 Å². The van der Waals surface area contributed by atoms with Crippen molar-refractivity contribution in [3.63, 3.8) is 0 Å². The molecule has 0 spiro atoms. The maximum atomic E-state index is 2.70. The van der Waals surface area contributed by atoms with E-state index in [2.05, 4.69) is 208 Å². The minimum Gasteiger partial charge on any atom is -0.334 e. The number of aryl methyl sites for hydroxylation is 1. The van der Waals surface area contributed by atoms with Crippen molar-refractivity contribution in [2.75, 3.05) is 19.6 Å². The fraction of sp³-hybridized carbons (Fsp3) is 0.0769. The summed E-state index contributed by atoms with van der Waals surface area (Å²) in [4.78, 5) is 10.2. The van der Waals surface area contributed by atoms with Crippen LogP contribution < -0.4 is 19.6 Å². The Hall–Kier alpha value is -7.04. The molecule has 0 aliphatic carbocycles. The first-order valence-electron chi connectivity index (χ1n) is 19.8. The number of benzene rings is 8. The Balaban J connectivity index is 1.06. The number of para-hydroxylation sites is 2. The third kappa shape index (κ3) is 4.66. The van der Waals surface area contributed by atoms with Crippen LogP contribution in [0.3, 0.4) is 0 Å². The van der Waals surface area contributed by atoms with Gasteiger partial charge in [-0.15, -0.1) is 0 Å². The minimum absolute atomic E-state index is 0.511. The molecule has 0 N–H and O–H groups in total. The predicted molar refractivity (Wildman–Crippen MR) is 233 cm³/mol. The molecule has 8 aromatic carbocycles. The van der Waals surface area contributed by atoms with Crippen LogP contribution in [0.2, 0.25) is 0 Å². The van der Waals surface area contributed by atoms with E-state index in [1.54, 1.807) is 0 Å². The van der Waals surface area contributed by atoms with Crippen LogP contribution in [-0.2, 0) is 12.8 Å². The molecule has 0 fully saturated rings. The summed E-state index contributed by atoms with van der Waals surface area (Å²) in [6.45, 7) is 0. The third-order valence-electron chi connectivity index (χ3n) is 12.2. The Morgan fingerprint density at radius 2 is 0.964 bits per heavy atom. The van der Waals surface area contributed by atoms with Gasteiger partial charge in [-0.25, -0.2) is 0 Å². The smallest absolute Gasteiger partial charge is 0.0947 e. The Morgan fingerprint density at radius 1 is 0.393 bits per heavy atom. The van der Waals surface area contributed by atoms with Gasteiger partial charge in [-0.1, -0.05) is 121 Å². The molecule has 266 valence electrons. The summed E-state index contributed by atoms with van der Waals surface area (Å²) >= 11 is 0. The van der Waals surface area contributed by atoms with E-state index in [9.17, 15) is 0 Å². The number of fused-ring (bicyclic) bond motifs is 3. The Kier molecular flexibility index (Phi) is 6.85. The van der Waals surface area contributed by atoms with Crippen molar-refractivity contribution in [1.29, 1.82) is 0 Å². The largest absolute Gasteiger partial charge is 0.334 e. The second-order valence-corrected chi connectivity index (χ2v) is 15.3. The van der Waals surface area contributed by atoms with Crippen molar-refractivity contribution in [3.8, 4) is 22.3 Å². The zero-order valence-corrected chi connectivity index (χ0v) is 30.9. The fourth-order valence-electron chi connectivity index (χ4n) is 9.75. The molecule has 0 amide bonds. The molecular weight excluding hydrogens is 681 g/mol. The minimum atomic E-state index is 0.511. The van der Waals surface area contributed by atoms with Gasteiger partial charge in [0.05, 0.1) is 39.8 Å². The number of hydrogen-bond acceptors (Lipinski definition) is 4. The summed E-state index contributed by atoms with van der Waals surface area (Å²) in [5, 5.41) is 0. The summed E-state index contributed by atoms with van der Waals surface area (Å²) in [6.07, 6.45) is 3.41. The van der Waals surface area contributed by atoms with Gasteiger partial charge in [0.15, 0.2) is 0 Å². The van der Waals surface area contributed by atoms with Gasteiger partial charge in [-0.2, -0.15) is 0 Å². The molecule has 1 atom stereocenters. The summed E-state index contributed by atoms with van der Waals surface area (Å²) in [6, 6.07) is 69.5. The highest BCUT2D eigenvalue weighted by molar-refractivity contribution is 6.13. The van der Waals surface area contributed by atoms with Crippen molar-refractivity contribution in [3.05, 3.63) is 199 Å². The lowest BCUT2D eigenvalue weighted by molar-refractivity contribution is 0.599. The van der Waals surface area contributed by atoms with Crippen LogP contribution in [0.5, 0.6) is 0 Å². The molecule has 4 aliphatic heterocycles. The zero-order chi connectivity index (χ0) is 36.7. The first-order valence-corrected chi connectivity index (χ1v) is 19.8. The lowest BCUT2D eigenvalue weighted by Gasteiger charge is -2.49.